The molecule has 0 aliphatic rings. The zero-order valence-electron chi connectivity index (χ0n) is 16.8. The van der Waals surface area contributed by atoms with E-state index < -0.39 is 0 Å². The van der Waals surface area contributed by atoms with Crippen LogP contribution in [0.1, 0.15) is 104 Å². The lowest BCUT2D eigenvalue weighted by molar-refractivity contribution is 0.342. The van der Waals surface area contributed by atoms with E-state index in [-0.39, 0.29) is 0 Å². The van der Waals surface area contributed by atoms with E-state index in [0.29, 0.717) is 0 Å². The minimum atomic E-state index is 0.897. The van der Waals surface area contributed by atoms with Crippen molar-refractivity contribution in [3.8, 4) is 0 Å². The van der Waals surface area contributed by atoms with Crippen molar-refractivity contribution in [2.24, 2.45) is 11.8 Å². The second kappa shape index (κ2) is 13.4. The van der Waals surface area contributed by atoms with Gasteiger partial charge in [-0.15, -0.1) is 5.10 Å². The van der Waals surface area contributed by atoms with E-state index in [1.807, 2.05) is 4.68 Å². The standard InChI is InChI=1S/C21H41N3/c1-5-17-24-18-21(22-23-24)16-14-12-10-8-7-9-11-13-15-20(4)19(3)6-2/h18-20H,5-17H2,1-4H3/t19-,20?/m1/s1. The van der Waals surface area contributed by atoms with E-state index in [9.17, 15) is 0 Å². The zero-order chi connectivity index (χ0) is 17.6. The average Bonchev–Trinajstić information content (AvgIpc) is 3.03. The van der Waals surface area contributed by atoms with Gasteiger partial charge in [-0.1, -0.05) is 90.7 Å². The summed E-state index contributed by atoms with van der Waals surface area (Å²) >= 11 is 0. The molecule has 0 aliphatic heterocycles. The van der Waals surface area contributed by atoms with Crippen LogP contribution in [0.2, 0.25) is 0 Å². The molecule has 0 saturated carbocycles. The molecule has 24 heavy (non-hydrogen) atoms. The lowest BCUT2D eigenvalue weighted by Crippen LogP contribution is -2.06. The predicted octanol–water partition coefficient (Wildman–Crippen LogP) is 6.42. The van der Waals surface area contributed by atoms with Gasteiger partial charge >= 0.3 is 0 Å². The van der Waals surface area contributed by atoms with Gasteiger partial charge in [-0.2, -0.15) is 0 Å². The van der Waals surface area contributed by atoms with Gasteiger partial charge in [0.25, 0.3) is 0 Å². The highest BCUT2D eigenvalue weighted by Gasteiger charge is 2.09. The molecule has 3 heteroatoms. The van der Waals surface area contributed by atoms with Crippen molar-refractivity contribution in [3.05, 3.63) is 11.9 Å². The first kappa shape index (κ1) is 21.2. The van der Waals surface area contributed by atoms with Crippen molar-refractivity contribution < 1.29 is 0 Å². The minimum absolute atomic E-state index is 0.897. The Balaban J connectivity index is 1.88. The molecule has 1 heterocycles. The molecule has 3 nitrogen and oxygen atoms in total. The van der Waals surface area contributed by atoms with Crippen LogP contribution in [0.5, 0.6) is 0 Å². The first-order valence-corrected chi connectivity index (χ1v) is 10.6. The van der Waals surface area contributed by atoms with Gasteiger partial charge < -0.3 is 0 Å². The maximum atomic E-state index is 4.25. The lowest BCUT2D eigenvalue weighted by Gasteiger charge is -2.17. The topological polar surface area (TPSA) is 30.7 Å². The number of rotatable bonds is 15. The number of hydrogen-bond acceptors (Lipinski definition) is 2. The summed E-state index contributed by atoms with van der Waals surface area (Å²) in [5.74, 6) is 1.80. The first-order chi connectivity index (χ1) is 11.7. The van der Waals surface area contributed by atoms with E-state index in [0.717, 1.165) is 31.2 Å². The Hall–Kier alpha value is -0.860. The van der Waals surface area contributed by atoms with Gasteiger partial charge in [0.2, 0.25) is 0 Å². The number of aromatic nitrogens is 3. The van der Waals surface area contributed by atoms with E-state index in [1.54, 1.807) is 0 Å². The van der Waals surface area contributed by atoms with Crippen LogP contribution < -0.4 is 0 Å². The molecule has 0 aliphatic carbocycles. The van der Waals surface area contributed by atoms with Crippen LogP contribution in [-0.4, -0.2) is 15.0 Å². The van der Waals surface area contributed by atoms with Crippen molar-refractivity contribution in [2.45, 2.75) is 111 Å². The molecule has 0 fully saturated rings. The maximum absolute atomic E-state index is 4.25. The summed E-state index contributed by atoms with van der Waals surface area (Å²) in [5, 5.41) is 8.41. The van der Waals surface area contributed by atoms with Gasteiger partial charge in [0.05, 0.1) is 5.69 Å². The molecule has 0 amide bonds. The Morgan fingerprint density at radius 3 is 2.12 bits per heavy atom. The van der Waals surface area contributed by atoms with Crippen LogP contribution in [0.15, 0.2) is 6.20 Å². The van der Waals surface area contributed by atoms with Gasteiger partial charge in [0.15, 0.2) is 0 Å². The monoisotopic (exact) mass is 335 g/mol. The molecule has 1 unspecified atom stereocenters. The quantitative estimate of drug-likeness (QED) is 0.346. The van der Waals surface area contributed by atoms with Crippen LogP contribution in [-0.2, 0) is 13.0 Å². The first-order valence-electron chi connectivity index (χ1n) is 10.6. The van der Waals surface area contributed by atoms with E-state index >= 15 is 0 Å². The molecule has 2 atom stereocenters. The molecule has 0 aromatic carbocycles. The Kier molecular flexibility index (Phi) is 11.9. The second-order valence-electron chi connectivity index (χ2n) is 7.70. The summed E-state index contributed by atoms with van der Waals surface area (Å²) in [6.07, 6.45) is 18.2. The molecular formula is C21H41N3. The third-order valence-electron chi connectivity index (χ3n) is 5.50. The largest absolute Gasteiger partial charge is 0.252 e. The SMILES string of the molecule is CCCn1cc(CCCCCCCCCCC(C)[C@H](C)CC)nn1. The third kappa shape index (κ3) is 9.44. The number of hydrogen-bond donors (Lipinski definition) is 0. The molecule has 0 radical (unpaired) electrons. The molecule has 1 aromatic heterocycles. The normalized spacial score (nSPS) is 14.0. The van der Waals surface area contributed by atoms with Gasteiger partial charge in [-0.3, -0.25) is 4.68 Å². The molecule has 1 rings (SSSR count). The molecule has 140 valence electrons. The highest BCUT2D eigenvalue weighted by molar-refractivity contribution is 4.92. The van der Waals surface area contributed by atoms with Crippen molar-refractivity contribution in [3.63, 3.8) is 0 Å². The highest BCUT2D eigenvalue weighted by atomic mass is 15.4. The number of nitrogens with zero attached hydrogens (tertiary/aromatic N) is 3. The summed E-state index contributed by atoms with van der Waals surface area (Å²) in [6.45, 7) is 10.3. The molecular weight excluding hydrogens is 294 g/mol. The van der Waals surface area contributed by atoms with Crippen LogP contribution in [0.25, 0.3) is 0 Å². The predicted molar refractivity (Wildman–Crippen MR) is 104 cm³/mol. The van der Waals surface area contributed by atoms with Gasteiger partial charge in [-0.05, 0) is 31.1 Å². The molecule has 0 spiro atoms. The second-order valence-corrected chi connectivity index (χ2v) is 7.70. The van der Waals surface area contributed by atoms with Crippen molar-refractivity contribution >= 4 is 0 Å². The maximum Gasteiger partial charge on any atom is 0.0827 e. The van der Waals surface area contributed by atoms with E-state index in [2.05, 4.69) is 44.2 Å². The van der Waals surface area contributed by atoms with E-state index in [4.69, 9.17) is 0 Å². The number of aryl methyl sites for hydroxylation is 2. The fourth-order valence-electron chi connectivity index (χ4n) is 3.31. The van der Waals surface area contributed by atoms with Crippen molar-refractivity contribution in [2.75, 3.05) is 0 Å². The number of unbranched alkanes of at least 4 members (excludes halogenated alkanes) is 7. The Morgan fingerprint density at radius 2 is 1.50 bits per heavy atom. The highest BCUT2D eigenvalue weighted by Crippen LogP contribution is 2.21. The van der Waals surface area contributed by atoms with Crippen molar-refractivity contribution in [1.29, 1.82) is 0 Å². The molecule has 0 bridgehead atoms. The van der Waals surface area contributed by atoms with Gasteiger partial charge in [0, 0.05) is 12.7 Å². The van der Waals surface area contributed by atoms with Gasteiger partial charge in [0.1, 0.15) is 0 Å². The summed E-state index contributed by atoms with van der Waals surface area (Å²) in [4.78, 5) is 0. The van der Waals surface area contributed by atoms with Crippen LogP contribution >= 0.6 is 0 Å². The summed E-state index contributed by atoms with van der Waals surface area (Å²) < 4.78 is 1.97. The Labute approximate surface area is 150 Å². The summed E-state index contributed by atoms with van der Waals surface area (Å²) in [6, 6.07) is 0. The van der Waals surface area contributed by atoms with Crippen molar-refractivity contribution in [1.82, 2.24) is 15.0 Å². The van der Waals surface area contributed by atoms with Crippen LogP contribution in [0, 0.1) is 11.8 Å². The van der Waals surface area contributed by atoms with Crippen LogP contribution in [0.4, 0.5) is 0 Å². The van der Waals surface area contributed by atoms with Gasteiger partial charge in [-0.25, -0.2) is 0 Å². The Bertz CT molecular complexity index is 400. The minimum Gasteiger partial charge on any atom is -0.252 e. The zero-order valence-corrected chi connectivity index (χ0v) is 16.8. The Morgan fingerprint density at radius 1 is 0.875 bits per heavy atom. The fourth-order valence-corrected chi connectivity index (χ4v) is 3.31. The molecule has 1 aromatic rings. The average molecular weight is 336 g/mol. The molecule has 0 saturated heterocycles. The smallest absolute Gasteiger partial charge is 0.0827 e. The third-order valence-corrected chi connectivity index (χ3v) is 5.50. The van der Waals surface area contributed by atoms with Crippen LogP contribution in [0.3, 0.4) is 0 Å². The summed E-state index contributed by atoms with van der Waals surface area (Å²) in [7, 11) is 0. The fraction of sp³-hybridized carbons (Fsp3) is 0.905. The lowest BCUT2D eigenvalue weighted by atomic mass is 9.89. The molecule has 0 N–H and O–H groups in total. The summed E-state index contributed by atoms with van der Waals surface area (Å²) in [5.41, 5.74) is 1.17. The van der Waals surface area contributed by atoms with E-state index in [1.165, 1.54) is 69.9 Å².